The zero-order chi connectivity index (χ0) is 12.3. The molecule has 0 atom stereocenters. The third-order valence-electron chi connectivity index (χ3n) is 2.08. The maximum absolute atomic E-state index is 9.51. The average molecular weight is 311 g/mol. The van der Waals surface area contributed by atoms with Gasteiger partial charge in [-0.25, -0.2) is 0 Å². The molecular formula is C12H11BrN2O3. The van der Waals surface area contributed by atoms with Crippen molar-refractivity contribution in [1.82, 2.24) is 0 Å². The fourth-order valence-electron chi connectivity index (χ4n) is 1.24. The Morgan fingerprint density at radius 3 is 2.22 bits per heavy atom. The van der Waals surface area contributed by atoms with E-state index in [0.717, 1.165) is 4.47 Å². The molecule has 2 aromatic carbocycles. The fraction of sp³-hybridized carbons (Fsp3) is 0. The molecule has 0 aromatic heterocycles. The first-order valence-corrected chi connectivity index (χ1v) is 5.64. The van der Waals surface area contributed by atoms with Gasteiger partial charge in [0, 0.05) is 10.5 Å². The van der Waals surface area contributed by atoms with Crippen molar-refractivity contribution in [2.45, 2.75) is 0 Å². The second-order valence-corrected chi connectivity index (χ2v) is 4.18. The van der Waals surface area contributed by atoms with Crippen LogP contribution in [-0.4, -0.2) is 15.7 Å². The highest BCUT2D eigenvalue weighted by atomic mass is 79.9. The van der Waals surface area contributed by atoms with Crippen molar-refractivity contribution in [3.63, 3.8) is 0 Å². The van der Waals surface area contributed by atoms with Crippen LogP contribution in [0.5, 0.6) is 11.5 Å². The van der Waals surface area contributed by atoms with Gasteiger partial charge in [0.1, 0.15) is 17.2 Å². The van der Waals surface area contributed by atoms with Gasteiger partial charge < -0.3 is 15.7 Å². The molecule has 5 nitrogen and oxygen atoms in total. The SMILES string of the molecule is O.Oc1ccc(N=Nc2ccccc2Br)c(O)c1. The lowest BCUT2D eigenvalue weighted by molar-refractivity contribution is 0.451. The van der Waals surface area contributed by atoms with Gasteiger partial charge in [0.2, 0.25) is 0 Å². The Bertz CT molecular complexity index is 573. The molecule has 0 radical (unpaired) electrons. The highest BCUT2D eigenvalue weighted by Gasteiger charge is 2.01. The number of phenolic OH excluding ortho intramolecular Hbond substituents is 2. The molecule has 2 aromatic rings. The summed E-state index contributed by atoms with van der Waals surface area (Å²) in [5, 5.41) is 26.6. The molecule has 18 heavy (non-hydrogen) atoms. The number of halogens is 1. The van der Waals surface area contributed by atoms with Crippen molar-refractivity contribution in [2.24, 2.45) is 10.2 Å². The summed E-state index contributed by atoms with van der Waals surface area (Å²) >= 11 is 3.34. The number of azo groups is 1. The highest BCUT2D eigenvalue weighted by molar-refractivity contribution is 9.10. The van der Waals surface area contributed by atoms with Crippen molar-refractivity contribution in [3.8, 4) is 11.5 Å². The smallest absolute Gasteiger partial charge is 0.146 e. The number of nitrogens with zero attached hydrogens (tertiary/aromatic N) is 2. The Balaban J connectivity index is 0.00000162. The lowest BCUT2D eigenvalue weighted by atomic mass is 10.3. The largest absolute Gasteiger partial charge is 0.508 e. The zero-order valence-electron chi connectivity index (χ0n) is 9.21. The first kappa shape index (κ1) is 14.1. The number of hydrogen-bond donors (Lipinski definition) is 2. The van der Waals surface area contributed by atoms with Crippen LogP contribution in [0.1, 0.15) is 0 Å². The minimum Gasteiger partial charge on any atom is -0.508 e. The van der Waals surface area contributed by atoms with Crippen LogP contribution < -0.4 is 0 Å². The first-order valence-electron chi connectivity index (χ1n) is 4.85. The van der Waals surface area contributed by atoms with Gasteiger partial charge in [-0.3, -0.25) is 0 Å². The van der Waals surface area contributed by atoms with Crippen molar-refractivity contribution in [1.29, 1.82) is 0 Å². The molecule has 0 aliphatic heterocycles. The van der Waals surface area contributed by atoms with Gasteiger partial charge in [0.15, 0.2) is 0 Å². The second kappa shape index (κ2) is 6.13. The molecule has 6 heteroatoms. The van der Waals surface area contributed by atoms with Gasteiger partial charge in [-0.2, -0.15) is 0 Å². The van der Waals surface area contributed by atoms with Crippen LogP contribution in [0.3, 0.4) is 0 Å². The topological polar surface area (TPSA) is 96.7 Å². The minimum atomic E-state index is -0.110. The molecule has 0 saturated carbocycles. The maximum atomic E-state index is 9.51. The van der Waals surface area contributed by atoms with E-state index >= 15 is 0 Å². The van der Waals surface area contributed by atoms with Crippen molar-refractivity contribution in [3.05, 3.63) is 46.9 Å². The van der Waals surface area contributed by atoms with Gasteiger partial charge in [0.25, 0.3) is 0 Å². The minimum absolute atomic E-state index is 0. The highest BCUT2D eigenvalue weighted by Crippen LogP contribution is 2.32. The van der Waals surface area contributed by atoms with E-state index in [-0.39, 0.29) is 17.0 Å². The fourth-order valence-corrected chi connectivity index (χ4v) is 1.60. The molecule has 0 amide bonds. The summed E-state index contributed by atoms with van der Waals surface area (Å²) in [6, 6.07) is 11.5. The van der Waals surface area contributed by atoms with E-state index in [2.05, 4.69) is 26.2 Å². The third-order valence-corrected chi connectivity index (χ3v) is 2.75. The van der Waals surface area contributed by atoms with Crippen molar-refractivity contribution in [2.75, 3.05) is 0 Å². The molecular weight excluding hydrogens is 300 g/mol. The Labute approximate surface area is 112 Å². The Morgan fingerprint density at radius 2 is 1.56 bits per heavy atom. The third kappa shape index (κ3) is 3.28. The van der Waals surface area contributed by atoms with E-state index in [0.29, 0.717) is 11.4 Å². The summed E-state index contributed by atoms with van der Waals surface area (Å²) < 4.78 is 0.821. The molecule has 2 rings (SSSR count). The van der Waals surface area contributed by atoms with Crippen LogP contribution >= 0.6 is 15.9 Å². The van der Waals surface area contributed by atoms with Crippen molar-refractivity contribution >= 4 is 27.3 Å². The van der Waals surface area contributed by atoms with Crippen LogP contribution in [-0.2, 0) is 0 Å². The Hall–Kier alpha value is -1.92. The van der Waals surface area contributed by atoms with Gasteiger partial charge >= 0.3 is 0 Å². The van der Waals surface area contributed by atoms with Gasteiger partial charge in [-0.1, -0.05) is 12.1 Å². The van der Waals surface area contributed by atoms with Gasteiger partial charge in [-0.15, -0.1) is 10.2 Å². The van der Waals surface area contributed by atoms with E-state index in [1.54, 1.807) is 6.07 Å². The Morgan fingerprint density at radius 1 is 0.889 bits per heavy atom. The summed E-state index contributed by atoms with van der Waals surface area (Å²) in [4.78, 5) is 0. The summed E-state index contributed by atoms with van der Waals surface area (Å²) in [5.74, 6) is -0.122. The summed E-state index contributed by atoms with van der Waals surface area (Å²) in [7, 11) is 0. The number of hydrogen-bond acceptors (Lipinski definition) is 4. The standard InChI is InChI=1S/C12H9BrN2O2.H2O/c13-9-3-1-2-4-10(9)14-15-11-6-5-8(16)7-12(11)17;/h1-7,16-17H;1H2. The first-order chi connectivity index (χ1) is 8.16. The lowest BCUT2D eigenvalue weighted by Crippen LogP contribution is -1.69. The van der Waals surface area contributed by atoms with Crippen LogP contribution in [0.4, 0.5) is 11.4 Å². The van der Waals surface area contributed by atoms with E-state index in [1.807, 2.05) is 18.2 Å². The normalized spacial score (nSPS) is 10.3. The molecule has 0 spiro atoms. The van der Waals surface area contributed by atoms with E-state index < -0.39 is 0 Å². The summed E-state index contributed by atoms with van der Waals surface area (Å²) in [6.45, 7) is 0. The second-order valence-electron chi connectivity index (χ2n) is 3.32. The van der Waals surface area contributed by atoms with Crippen LogP contribution in [0.2, 0.25) is 0 Å². The van der Waals surface area contributed by atoms with Crippen LogP contribution in [0, 0.1) is 0 Å². The van der Waals surface area contributed by atoms with E-state index in [1.165, 1.54) is 18.2 Å². The molecule has 0 aliphatic rings. The van der Waals surface area contributed by atoms with E-state index in [9.17, 15) is 5.11 Å². The van der Waals surface area contributed by atoms with Gasteiger partial charge in [-0.05, 0) is 40.2 Å². The molecule has 0 heterocycles. The number of phenols is 2. The van der Waals surface area contributed by atoms with Crippen LogP contribution in [0.25, 0.3) is 0 Å². The monoisotopic (exact) mass is 310 g/mol. The molecule has 0 unspecified atom stereocenters. The number of aromatic hydroxyl groups is 2. The van der Waals surface area contributed by atoms with Crippen molar-refractivity contribution < 1.29 is 15.7 Å². The number of rotatable bonds is 2. The molecule has 0 saturated heterocycles. The predicted molar refractivity (Wildman–Crippen MR) is 71.7 cm³/mol. The maximum Gasteiger partial charge on any atom is 0.146 e. The van der Waals surface area contributed by atoms with Gasteiger partial charge in [0.05, 0.1) is 5.69 Å². The molecule has 0 aliphatic carbocycles. The molecule has 94 valence electrons. The summed E-state index contributed by atoms with van der Waals surface area (Å²) in [6.07, 6.45) is 0. The zero-order valence-corrected chi connectivity index (χ0v) is 10.8. The lowest BCUT2D eigenvalue weighted by Gasteiger charge is -1.99. The van der Waals surface area contributed by atoms with Crippen LogP contribution in [0.15, 0.2) is 57.2 Å². The average Bonchev–Trinajstić information content (AvgIpc) is 2.30. The Kier molecular flexibility index (Phi) is 4.82. The molecule has 4 N–H and O–H groups in total. The number of benzene rings is 2. The quantitative estimate of drug-likeness (QED) is 0.831. The predicted octanol–water partition coefficient (Wildman–Crippen LogP) is 3.45. The molecule has 0 fully saturated rings. The summed E-state index contributed by atoms with van der Waals surface area (Å²) in [5.41, 5.74) is 0.971. The molecule has 0 bridgehead atoms. The van der Waals surface area contributed by atoms with E-state index in [4.69, 9.17) is 5.11 Å².